The van der Waals surface area contributed by atoms with Crippen LogP contribution in [0.5, 0.6) is 0 Å². The Morgan fingerprint density at radius 2 is 1.72 bits per heavy atom. The summed E-state index contributed by atoms with van der Waals surface area (Å²) >= 11 is 6.06. The summed E-state index contributed by atoms with van der Waals surface area (Å²) < 4.78 is 0. The first-order chi connectivity index (χ1) is 17.4. The second-order valence-electron chi connectivity index (χ2n) is 9.07. The highest BCUT2D eigenvalue weighted by Gasteiger charge is 2.24. The third kappa shape index (κ3) is 6.46. The molecule has 4 rings (SSSR count). The molecular weight excluding hydrogens is 472 g/mol. The van der Waals surface area contributed by atoms with Crippen LogP contribution in [0.1, 0.15) is 25.0 Å². The summed E-state index contributed by atoms with van der Waals surface area (Å²) in [5.41, 5.74) is 3.88. The zero-order valence-corrected chi connectivity index (χ0v) is 21.3. The number of aromatic nitrogens is 1. The summed E-state index contributed by atoms with van der Waals surface area (Å²) in [7, 11) is 0. The molecule has 0 saturated heterocycles. The topological polar surface area (TPSA) is 68.4 Å². The van der Waals surface area contributed by atoms with E-state index in [1.165, 1.54) is 0 Å². The van der Waals surface area contributed by atoms with E-state index >= 15 is 0 Å². The Morgan fingerprint density at radius 3 is 2.47 bits per heavy atom. The Morgan fingerprint density at radius 1 is 0.972 bits per heavy atom. The number of carbonyl (C=O) groups is 2. The molecule has 186 valence electrons. The lowest BCUT2D eigenvalue weighted by molar-refractivity contribution is -0.132. The highest BCUT2D eigenvalue weighted by atomic mass is 35.5. The number of fused-ring (bicyclic) bond motifs is 1. The number of nitrogens with one attached hydrogen (secondary N) is 2. The van der Waals surface area contributed by atoms with Crippen LogP contribution in [0, 0.1) is 0 Å². The fourth-order valence-corrected chi connectivity index (χ4v) is 4.38. The Balaban J connectivity index is 1.49. The normalized spacial score (nSPS) is 11.0. The van der Waals surface area contributed by atoms with Gasteiger partial charge >= 0.3 is 6.03 Å². The van der Waals surface area contributed by atoms with E-state index in [0.29, 0.717) is 30.2 Å². The Bertz CT molecular complexity index is 1320. The molecule has 0 radical (unpaired) electrons. The zero-order valence-electron chi connectivity index (χ0n) is 20.6. The summed E-state index contributed by atoms with van der Waals surface area (Å²) in [6.07, 6.45) is 2.72. The van der Waals surface area contributed by atoms with Gasteiger partial charge in [0, 0.05) is 46.9 Å². The number of carbonyl (C=O) groups excluding carboxylic acids is 2. The molecule has 4 aromatic rings. The lowest BCUT2D eigenvalue weighted by Crippen LogP contribution is -2.47. The molecule has 0 atom stereocenters. The van der Waals surface area contributed by atoms with E-state index in [1.54, 1.807) is 29.2 Å². The van der Waals surface area contributed by atoms with Gasteiger partial charge in [-0.2, -0.15) is 0 Å². The van der Waals surface area contributed by atoms with Crippen molar-refractivity contribution in [1.82, 2.24) is 14.8 Å². The maximum Gasteiger partial charge on any atom is 0.322 e. The van der Waals surface area contributed by atoms with Gasteiger partial charge in [0.15, 0.2) is 0 Å². The summed E-state index contributed by atoms with van der Waals surface area (Å²) in [6, 6.07) is 24.5. The maximum absolute atomic E-state index is 13.6. The molecule has 0 saturated carbocycles. The molecular formula is C29H31ClN4O2. The van der Waals surface area contributed by atoms with Gasteiger partial charge in [0.25, 0.3) is 0 Å². The molecule has 0 unspecified atom stereocenters. The number of urea groups is 1. The van der Waals surface area contributed by atoms with Crippen LogP contribution in [0.15, 0.2) is 85.1 Å². The summed E-state index contributed by atoms with van der Waals surface area (Å²) in [5, 5.41) is 4.56. The van der Waals surface area contributed by atoms with Crippen molar-refractivity contribution in [2.75, 3.05) is 18.4 Å². The lowest BCUT2D eigenvalue weighted by atomic mass is 10.1. The molecule has 2 N–H and O–H groups in total. The molecule has 0 aliphatic rings. The molecule has 0 aliphatic carbocycles. The van der Waals surface area contributed by atoms with Crippen LogP contribution in [0.4, 0.5) is 10.5 Å². The van der Waals surface area contributed by atoms with E-state index in [-0.39, 0.29) is 24.5 Å². The number of hydrogen-bond donors (Lipinski definition) is 2. The zero-order chi connectivity index (χ0) is 25.5. The van der Waals surface area contributed by atoms with Gasteiger partial charge in [-0.25, -0.2) is 4.79 Å². The van der Waals surface area contributed by atoms with Crippen LogP contribution in [-0.4, -0.2) is 45.9 Å². The van der Waals surface area contributed by atoms with Crippen LogP contribution in [0.25, 0.3) is 10.9 Å². The number of H-pyrrole nitrogens is 1. The van der Waals surface area contributed by atoms with Crippen LogP contribution < -0.4 is 5.32 Å². The third-order valence-electron chi connectivity index (χ3n) is 6.16. The highest BCUT2D eigenvalue weighted by molar-refractivity contribution is 6.30. The Kier molecular flexibility index (Phi) is 8.28. The number of nitrogens with zero attached hydrogens (tertiary/aromatic N) is 2. The van der Waals surface area contributed by atoms with Gasteiger partial charge in [-0.1, -0.05) is 66.2 Å². The molecule has 0 bridgehead atoms. The summed E-state index contributed by atoms with van der Waals surface area (Å²) in [4.78, 5) is 33.3. The summed E-state index contributed by atoms with van der Waals surface area (Å²) in [5.74, 6) is -0.103. The van der Waals surface area contributed by atoms with E-state index in [1.807, 2.05) is 73.5 Å². The number of aromatic amines is 1. The monoisotopic (exact) mass is 502 g/mol. The Labute approximate surface area is 216 Å². The van der Waals surface area contributed by atoms with Crippen LogP contribution in [0.3, 0.4) is 0 Å². The Hall–Kier alpha value is -3.77. The number of rotatable bonds is 9. The number of benzene rings is 3. The van der Waals surface area contributed by atoms with Gasteiger partial charge in [-0.15, -0.1) is 0 Å². The lowest BCUT2D eigenvalue weighted by Gasteiger charge is -2.30. The first kappa shape index (κ1) is 25.3. The molecule has 3 amide bonds. The van der Waals surface area contributed by atoms with Crippen LogP contribution >= 0.6 is 11.6 Å². The number of hydrogen-bond acceptors (Lipinski definition) is 2. The van der Waals surface area contributed by atoms with Crippen LogP contribution in [0.2, 0.25) is 5.02 Å². The molecule has 1 aromatic heterocycles. The molecule has 7 heteroatoms. The van der Waals surface area contributed by atoms with Crippen molar-refractivity contribution in [1.29, 1.82) is 0 Å². The van der Waals surface area contributed by atoms with Gasteiger partial charge in [0.05, 0.1) is 0 Å². The first-order valence-corrected chi connectivity index (χ1v) is 12.5. The standard InChI is InChI=1S/C29H31ClN4O2/c1-21(2)34(29(36)32-25-12-8-11-24(30)17-25)20-28(35)33(19-22-9-4-3-5-10-22)16-15-23-18-31-27-14-7-6-13-26(23)27/h3-14,17-18,21,31H,15-16,19-20H2,1-2H3,(H,32,36). The number of halogens is 1. The van der Waals surface area contributed by atoms with Gasteiger partial charge in [0.1, 0.15) is 6.54 Å². The number of amides is 3. The van der Waals surface area contributed by atoms with Gasteiger partial charge in [-0.05, 0) is 55.7 Å². The van der Waals surface area contributed by atoms with Gasteiger partial charge in [-0.3, -0.25) is 4.79 Å². The molecule has 1 heterocycles. The fourth-order valence-electron chi connectivity index (χ4n) is 4.19. The quantitative estimate of drug-likeness (QED) is 0.280. The fraction of sp³-hybridized carbons (Fsp3) is 0.241. The first-order valence-electron chi connectivity index (χ1n) is 12.1. The molecule has 3 aromatic carbocycles. The van der Waals surface area contributed by atoms with Crippen molar-refractivity contribution < 1.29 is 9.59 Å². The minimum atomic E-state index is -0.336. The smallest absolute Gasteiger partial charge is 0.322 e. The van der Waals surface area contributed by atoms with Crippen molar-refractivity contribution in [3.05, 3.63) is 101 Å². The largest absolute Gasteiger partial charge is 0.361 e. The molecule has 36 heavy (non-hydrogen) atoms. The SMILES string of the molecule is CC(C)N(CC(=O)N(CCc1c[nH]c2ccccc12)Cc1ccccc1)C(=O)Nc1cccc(Cl)c1. The van der Waals surface area contributed by atoms with Crippen molar-refractivity contribution >= 4 is 40.1 Å². The minimum Gasteiger partial charge on any atom is -0.361 e. The predicted octanol–water partition coefficient (Wildman–Crippen LogP) is 6.34. The van der Waals surface area contributed by atoms with Crippen molar-refractivity contribution in [3.63, 3.8) is 0 Å². The van der Waals surface area contributed by atoms with E-state index in [0.717, 1.165) is 22.0 Å². The molecule has 6 nitrogen and oxygen atoms in total. The van der Waals surface area contributed by atoms with E-state index in [2.05, 4.69) is 16.4 Å². The third-order valence-corrected chi connectivity index (χ3v) is 6.40. The van der Waals surface area contributed by atoms with Crippen molar-refractivity contribution in [2.45, 2.75) is 32.9 Å². The van der Waals surface area contributed by atoms with E-state index in [9.17, 15) is 9.59 Å². The van der Waals surface area contributed by atoms with Crippen molar-refractivity contribution in [2.24, 2.45) is 0 Å². The maximum atomic E-state index is 13.6. The number of para-hydroxylation sites is 1. The van der Waals surface area contributed by atoms with E-state index in [4.69, 9.17) is 11.6 Å². The average molecular weight is 503 g/mol. The van der Waals surface area contributed by atoms with Crippen molar-refractivity contribution in [3.8, 4) is 0 Å². The van der Waals surface area contributed by atoms with Gasteiger partial charge in [0.2, 0.25) is 5.91 Å². The molecule has 0 fully saturated rings. The predicted molar refractivity (Wildman–Crippen MR) is 146 cm³/mol. The van der Waals surface area contributed by atoms with Crippen LogP contribution in [-0.2, 0) is 17.8 Å². The second-order valence-corrected chi connectivity index (χ2v) is 9.51. The van der Waals surface area contributed by atoms with Gasteiger partial charge < -0.3 is 20.1 Å². The van der Waals surface area contributed by atoms with E-state index < -0.39 is 0 Å². The molecule has 0 aliphatic heterocycles. The molecule has 0 spiro atoms. The highest BCUT2D eigenvalue weighted by Crippen LogP contribution is 2.20. The second kappa shape index (κ2) is 11.8. The average Bonchev–Trinajstić information content (AvgIpc) is 3.28. The number of anilines is 1. The summed E-state index contributed by atoms with van der Waals surface area (Å²) in [6.45, 7) is 4.79. The minimum absolute atomic E-state index is 0.0230.